The average Bonchev–Trinajstić information content (AvgIpc) is 2.73. The number of hydrogen-bond donors (Lipinski definition) is 0. The highest BCUT2D eigenvalue weighted by Crippen LogP contribution is 2.38. The van der Waals surface area contributed by atoms with Crippen LogP contribution in [-0.2, 0) is 6.18 Å². The van der Waals surface area contributed by atoms with Crippen LogP contribution >= 0.6 is 0 Å². The molecule has 2 nitrogen and oxygen atoms in total. The van der Waals surface area contributed by atoms with Gasteiger partial charge in [-0.15, -0.1) is 0 Å². The fourth-order valence-corrected chi connectivity index (χ4v) is 1.77. The number of rotatable bonds is 2. The summed E-state index contributed by atoms with van der Waals surface area (Å²) in [7, 11) is 0. The van der Waals surface area contributed by atoms with Crippen LogP contribution in [0.2, 0.25) is 0 Å². The molecule has 108 valence electrons. The minimum Gasteiger partial charge on any atom is -0.269 e. The van der Waals surface area contributed by atoms with Crippen molar-refractivity contribution in [1.29, 1.82) is 0 Å². The highest BCUT2D eigenvalue weighted by atomic mass is 19.4. The first-order valence-corrected chi connectivity index (χ1v) is 5.82. The zero-order chi connectivity index (χ0) is 15.1. The molecule has 2 aromatic rings. The van der Waals surface area contributed by atoms with E-state index in [4.69, 9.17) is 0 Å². The normalized spacial score (nSPS) is 12.2. The third-order valence-corrected chi connectivity index (χ3v) is 2.77. The predicted octanol–water partition coefficient (Wildman–Crippen LogP) is 4.43. The van der Waals surface area contributed by atoms with Crippen molar-refractivity contribution in [1.82, 2.24) is 9.78 Å². The quantitative estimate of drug-likeness (QED) is 0.748. The van der Waals surface area contributed by atoms with E-state index in [9.17, 15) is 22.0 Å². The molecule has 0 unspecified atom stereocenters. The van der Waals surface area contributed by atoms with Crippen LogP contribution in [-0.4, -0.2) is 9.78 Å². The molecule has 0 N–H and O–H groups in total. The molecule has 20 heavy (non-hydrogen) atoms. The Kier molecular flexibility index (Phi) is 3.54. The van der Waals surface area contributed by atoms with Gasteiger partial charge in [0, 0.05) is 12.2 Å². The summed E-state index contributed by atoms with van der Waals surface area (Å²) in [4.78, 5) is 0. The molecular weight excluding hydrogens is 279 g/mol. The lowest BCUT2D eigenvalue weighted by molar-refractivity contribution is -0.137. The Morgan fingerprint density at radius 1 is 1.10 bits per heavy atom. The molecule has 2 rings (SSSR count). The number of hydrogen-bond acceptors (Lipinski definition) is 1. The van der Waals surface area contributed by atoms with E-state index in [0.29, 0.717) is 0 Å². The molecule has 0 saturated heterocycles. The van der Waals surface area contributed by atoms with Crippen molar-refractivity contribution >= 4 is 0 Å². The van der Waals surface area contributed by atoms with E-state index in [2.05, 4.69) is 5.10 Å². The van der Waals surface area contributed by atoms with Gasteiger partial charge >= 0.3 is 6.18 Å². The van der Waals surface area contributed by atoms with Gasteiger partial charge in [-0.2, -0.15) is 18.3 Å². The lowest BCUT2D eigenvalue weighted by Gasteiger charge is -2.07. The van der Waals surface area contributed by atoms with Gasteiger partial charge in [-0.25, -0.2) is 8.78 Å². The van der Waals surface area contributed by atoms with Crippen LogP contribution in [0.5, 0.6) is 0 Å². The number of alkyl halides is 3. The second-order valence-electron chi connectivity index (χ2n) is 4.56. The Balaban J connectivity index is 2.73. The van der Waals surface area contributed by atoms with Gasteiger partial charge in [0.25, 0.3) is 0 Å². The Bertz CT molecular complexity index is 608. The Labute approximate surface area is 111 Å². The molecule has 0 fully saturated rings. The van der Waals surface area contributed by atoms with Crippen LogP contribution < -0.4 is 0 Å². The lowest BCUT2D eigenvalue weighted by Crippen LogP contribution is -2.06. The van der Waals surface area contributed by atoms with Crippen LogP contribution in [0.15, 0.2) is 24.4 Å². The maximum Gasteiger partial charge on any atom is 0.420 e. The first-order valence-electron chi connectivity index (χ1n) is 5.82. The summed E-state index contributed by atoms with van der Waals surface area (Å²) in [5, 5.41) is 3.68. The first kappa shape index (κ1) is 14.5. The molecule has 0 spiro atoms. The fraction of sp³-hybridized carbons (Fsp3) is 0.308. The summed E-state index contributed by atoms with van der Waals surface area (Å²) in [5.74, 6) is -2.16. The van der Waals surface area contributed by atoms with E-state index in [0.717, 1.165) is 29.1 Å². The predicted molar refractivity (Wildman–Crippen MR) is 63.0 cm³/mol. The van der Waals surface area contributed by atoms with Crippen LogP contribution in [0, 0.1) is 11.6 Å². The molecule has 7 heteroatoms. The molecule has 0 radical (unpaired) electrons. The van der Waals surface area contributed by atoms with Gasteiger partial charge in [0.05, 0.1) is 5.56 Å². The van der Waals surface area contributed by atoms with Crippen molar-refractivity contribution in [3.05, 3.63) is 41.6 Å². The second kappa shape index (κ2) is 4.88. The van der Waals surface area contributed by atoms with Crippen molar-refractivity contribution in [2.75, 3.05) is 0 Å². The molecule has 0 aliphatic rings. The topological polar surface area (TPSA) is 17.8 Å². The molecule has 1 heterocycles. The number of benzene rings is 1. The van der Waals surface area contributed by atoms with E-state index < -0.39 is 34.6 Å². The monoisotopic (exact) mass is 290 g/mol. The van der Waals surface area contributed by atoms with Gasteiger partial charge in [0.1, 0.15) is 22.9 Å². The van der Waals surface area contributed by atoms with Crippen molar-refractivity contribution in [2.24, 2.45) is 0 Å². The van der Waals surface area contributed by atoms with E-state index in [1.54, 1.807) is 13.8 Å². The van der Waals surface area contributed by atoms with Gasteiger partial charge in [-0.1, -0.05) is 6.07 Å². The van der Waals surface area contributed by atoms with Crippen molar-refractivity contribution < 1.29 is 22.0 Å². The third kappa shape index (κ3) is 2.52. The second-order valence-corrected chi connectivity index (χ2v) is 4.56. The molecule has 0 amide bonds. The van der Waals surface area contributed by atoms with Gasteiger partial charge in [0.2, 0.25) is 0 Å². The number of aromatic nitrogens is 2. The van der Waals surface area contributed by atoms with Crippen LogP contribution in [0.4, 0.5) is 22.0 Å². The van der Waals surface area contributed by atoms with E-state index in [1.165, 1.54) is 0 Å². The zero-order valence-corrected chi connectivity index (χ0v) is 10.7. The summed E-state index contributed by atoms with van der Waals surface area (Å²) in [5.41, 5.74) is -2.66. The minimum absolute atomic E-state index is 0.361. The van der Waals surface area contributed by atoms with Crippen molar-refractivity contribution in [2.45, 2.75) is 26.1 Å². The molecule has 0 aliphatic heterocycles. The summed E-state index contributed by atoms with van der Waals surface area (Å²) >= 11 is 0. The molecule has 1 aromatic carbocycles. The Morgan fingerprint density at radius 2 is 1.65 bits per heavy atom. The smallest absolute Gasteiger partial charge is 0.269 e. The summed E-state index contributed by atoms with van der Waals surface area (Å²) in [6.07, 6.45) is -3.98. The molecule has 0 saturated carbocycles. The largest absolute Gasteiger partial charge is 0.420 e. The van der Waals surface area contributed by atoms with Crippen LogP contribution in [0.25, 0.3) is 11.3 Å². The van der Waals surface area contributed by atoms with Crippen molar-refractivity contribution in [3.63, 3.8) is 0 Å². The van der Waals surface area contributed by atoms with Gasteiger partial charge in [-0.3, -0.25) is 4.68 Å². The maximum atomic E-state index is 13.7. The SMILES string of the molecule is CC(C)n1cc(C(F)(F)F)c(-c2c(F)cccc2F)n1. The fourth-order valence-electron chi connectivity index (χ4n) is 1.77. The van der Waals surface area contributed by atoms with Gasteiger partial charge < -0.3 is 0 Å². The molecule has 0 aliphatic carbocycles. The molecule has 0 atom stereocenters. The maximum absolute atomic E-state index is 13.7. The Morgan fingerprint density at radius 3 is 2.10 bits per heavy atom. The molecule has 1 aromatic heterocycles. The van der Waals surface area contributed by atoms with E-state index >= 15 is 0 Å². The summed E-state index contributed by atoms with van der Waals surface area (Å²) < 4.78 is 67.3. The lowest BCUT2D eigenvalue weighted by atomic mass is 10.1. The third-order valence-electron chi connectivity index (χ3n) is 2.77. The summed E-state index contributed by atoms with van der Waals surface area (Å²) in [6.45, 7) is 3.24. The Hall–Kier alpha value is -1.92. The van der Waals surface area contributed by atoms with Crippen molar-refractivity contribution in [3.8, 4) is 11.3 Å². The number of halogens is 5. The van der Waals surface area contributed by atoms with Gasteiger partial charge in [-0.05, 0) is 26.0 Å². The van der Waals surface area contributed by atoms with Crippen LogP contribution in [0.1, 0.15) is 25.5 Å². The van der Waals surface area contributed by atoms with Crippen LogP contribution in [0.3, 0.4) is 0 Å². The highest BCUT2D eigenvalue weighted by molar-refractivity contribution is 5.65. The standard InChI is InChI=1S/C13H11F5N2/c1-7(2)20-6-8(13(16,17)18)12(19-20)11-9(14)4-3-5-10(11)15/h3-7H,1-2H3. The minimum atomic E-state index is -4.74. The number of nitrogens with zero attached hydrogens (tertiary/aromatic N) is 2. The highest BCUT2D eigenvalue weighted by Gasteiger charge is 2.38. The van der Waals surface area contributed by atoms with Gasteiger partial charge in [0.15, 0.2) is 0 Å². The zero-order valence-electron chi connectivity index (χ0n) is 10.7. The van der Waals surface area contributed by atoms with E-state index in [-0.39, 0.29) is 6.04 Å². The first-order chi connectivity index (χ1) is 9.21. The average molecular weight is 290 g/mol. The molecule has 0 bridgehead atoms. The summed E-state index contributed by atoms with van der Waals surface area (Å²) in [6, 6.07) is 2.51. The van der Waals surface area contributed by atoms with E-state index in [1.807, 2.05) is 0 Å². The molecular formula is C13H11F5N2.